The summed E-state index contributed by atoms with van der Waals surface area (Å²) in [5.74, 6) is 3.56. The molecule has 0 radical (unpaired) electrons. The van der Waals surface area contributed by atoms with Crippen molar-refractivity contribution in [2.45, 2.75) is 215 Å². The maximum atomic E-state index is 13.8. The molecule has 1 N–H and O–H groups in total. The molecule has 9 unspecified atom stereocenters. The number of rotatable bonds is 28. The summed E-state index contributed by atoms with van der Waals surface area (Å²) in [6.07, 6.45) is 27.4. The number of amides is 1. The zero-order valence-electron chi connectivity index (χ0n) is 37.4. The molecule has 324 valence electrons. The molecule has 0 heterocycles. The second-order valence-corrected chi connectivity index (χ2v) is 19.4. The van der Waals surface area contributed by atoms with E-state index < -0.39 is 18.0 Å². The van der Waals surface area contributed by atoms with Crippen molar-refractivity contribution < 1.29 is 28.6 Å². The topological polar surface area (TPSA) is 90.9 Å². The molecule has 3 aliphatic rings. The van der Waals surface area contributed by atoms with Gasteiger partial charge >= 0.3 is 11.9 Å². The van der Waals surface area contributed by atoms with Gasteiger partial charge in [-0.2, -0.15) is 0 Å². The number of hydrogen-bond donors (Lipinski definition) is 1. The van der Waals surface area contributed by atoms with Crippen molar-refractivity contribution in [3.8, 4) is 0 Å². The highest BCUT2D eigenvalue weighted by molar-refractivity contribution is 5.85. The van der Waals surface area contributed by atoms with Crippen molar-refractivity contribution in [3.63, 3.8) is 0 Å². The molecule has 0 aromatic heterocycles. The maximum absolute atomic E-state index is 13.8. The number of carbonyl (C=O) groups is 3. The van der Waals surface area contributed by atoms with E-state index in [4.69, 9.17) is 14.2 Å². The lowest BCUT2D eigenvalue weighted by Gasteiger charge is -2.54. The molecule has 0 aromatic rings. The number of esters is 2. The van der Waals surface area contributed by atoms with Crippen LogP contribution in [0.5, 0.6) is 0 Å². The predicted octanol–water partition coefficient (Wildman–Crippen LogP) is 12.3. The zero-order chi connectivity index (χ0) is 41.0. The molecular weight excluding hydrogens is 699 g/mol. The van der Waals surface area contributed by atoms with E-state index in [-0.39, 0.29) is 43.5 Å². The second-order valence-electron chi connectivity index (χ2n) is 19.4. The molecule has 0 spiro atoms. The number of hydrogen-bond acceptors (Lipinski definition) is 6. The van der Waals surface area contributed by atoms with Gasteiger partial charge in [-0.1, -0.05) is 132 Å². The first-order valence-corrected chi connectivity index (χ1v) is 23.7. The highest BCUT2D eigenvalue weighted by Gasteiger charge is 2.55. The Bertz CT molecular complexity index is 1160. The molecule has 0 bridgehead atoms. The minimum absolute atomic E-state index is 0.0270. The van der Waals surface area contributed by atoms with Crippen molar-refractivity contribution in [2.24, 2.45) is 46.3 Å². The zero-order valence-corrected chi connectivity index (χ0v) is 37.4. The van der Waals surface area contributed by atoms with E-state index in [1.807, 2.05) is 0 Å². The minimum Gasteiger partial charge on any atom is -0.463 e. The summed E-state index contributed by atoms with van der Waals surface area (Å²) in [6.45, 7) is 21.4. The molecule has 3 aliphatic carbocycles. The van der Waals surface area contributed by atoms with Gasteiger partial charge in [0.2, 0.25) is 5.91 Å². The van der Waals surface area contributed by atoms with E-state index in [9.17, 15) is 14.4 Å². The third kappa shape index (κ3) is 15.4. The molecule has 3 fully saturated rings. The van der Waals surface area contributed by atoms with Gasteiger partial charge in [0.1, 0.15) is 18.8 Å². The highest BCUT2D eigenvalue weighted by Crippen LogP contribution is 2.63. The summed E-state index contributed by atoms with van der Waals surface area (Å²) in [5, 5.41) is 2.96. The van der Waals surface area contributed by atoms with Crippen LogP contribution in [-0.2, 0) is 28.6 Å². The fourth-order valence-electron chi connectivity index (χ4n) is 11.4. The molecule has 56 heavy (non-hydrogen) atoms. The van der Waals surface area contributed by atoms with Crippen molar-refractivity contribution in [2.75, 3.05) is 19.8 Å². The Balaban J connectivity index is 1.54. The van der Waals surface area contributed by atoms with Crippen LogP contribution in [0.3, 0.4) is 0 Å². The van der Waals surface area contributed by atoms with Crippen LogP contribution >= 0.6 is 0 Å². The van der Waals surface area contributed by atoms with E-state index in [2.05, 4.69) is 60.4 Å². The SMILES string of the molecule is C=CCOCCOC(=O)CCC(NC(=O)CCCCCCCCCCC)C(=O)OC1CCC(C)(C2CCC3(C)C(CCC3C(C)CCCC(C)C)C2)C(CC)C1. The van der Waals surface area contributed by atoms with Crippen LogP contribution in [0.15, 0.2) is 12.7 Å². The summed E-state index contributed by atoms with van der Waals surface area (Å²) in [6, 6.07) is -0.863. The van der Waals surface area contributed by atoms with E-state index in [0.29, 0.717) is 24.4 Å². The van der Waals surface area contributed by atoms with Crippen LogP contribution in [0.2, 0.25) is 0 Å². The number of ether oxygens (including phenoxy) is 3. The normalized spacial score (nSPS) is 28.7. The monoisotopic (exact) mass is 786 g/mol. The average Bonchev–Trinajstić information content (AvgIpc) is 3.52. The van der Waals surface area contributed by atoms with Gasteiger partial charge in [0.15, 0.2) is 0 Å². The predicted molar refractivity (Wildman–Crippen MR) is 230 cm³/mol. The van der Waals surface area contributed by atoms with E-state index in [1.165, 1.54) is 89.9 Å². The molecule has 7 nitrogen and oxygen atoms in total. The molecule has 3 rings (SSSR count). The quantitative estimate of drug-likeness (QED) is 0.0482. The van der Waals surface area contributed by atoms with Crippen LogP contribution in [-0.4, -0.2) is 49.8 Å². The third-order valence-corrected chi connectivity index (χ3v) is 15.0. The van der Waals surface area contributed by atoms with Crippen LogP contribution in [0.25, 0.3) is 0 Å². The van der Waals surface area contributed by atoms with Crippen LogP contribution in [0.1, 0.15) is 203 Å². The first-order valence-electron chi connectivity index (χ1n) is 23.7. The van der Waals surface area contributed by atoms with Crippen molar-refractivity contribution >= 4 is 17.8 Å². The Morgan fingerprint density at radius 1 is 0.768 bits per heavy atom. The van der Waals surface area contributed by atoms with Gasteiger partial charge in [-0.25, -0.2) is 4.79 Å². The van der Waals surface area contributed by atoms with Gasteiger partial charge in [0.05, 0.1) is 13.2 Å². The summed E-state index contributed by atoms with van der Waals surface area (Å²) in [5.41, 5.74) is 0.736. The Morgan fingerprint density at radius 2 is 1.45 bits per heavy atom. The molecule has 1 amide bonds. The largest absolute Gasteiger partial charge is 0.463 e. The van der Waals surface area contributed by atoms with Crippen LogP contribution in [0.4, 0.5) is 0 Å². The molecule has 7 heteroatoms. The lowest BCUT2D eigenvalue weighted by molar-refractivity contribution is -0.159. The summed E-state index contributed by atoms with van der Waals surface area (Å²) in [4.78, 5) is 39.5. The Labute approximate surface area is 344 Å². The summed E-state index contributed by atoms with van der Waals surface area (Å²) in [7, 11) is 0. The standard InChI is InChI=1S/C49H87NO6/c1-9-12-13-14-15-16-17-18-19-23-45(51)50-44(26-27-46(52)55-34-33-54-32-10-2)47(53)56-42-29-31-48(7,39(11-3)36-42)41-28-30-49(8)40(35-41)24-25-43(49)38(6)22-20-21-37(4)5/h10,37-44H,2,9,11-36H2,1,3-8H3,(H,50,51). The third-order valence-electron chi connectivity index (χ3n) is 15.0. The maximum Gasteiger partial charge on any atom is 0.328 e. The second kappa shape index (κ2) is 25.6. The Hall–Kier alpha value is -1.89. The van der Waals surface area contributed by atoms with E-state index in [0.717, 1.165) is 74.5 Å². The number of unbranched alkanes of at least 4 members (excludes halogenated alkanes) is 8. The van der Waals surface area contributed by atoms with Crippen LogP contribution < -0.4 is 5.32 Å². The van der Waals surface area contributed by atoms with Crippen molar-refractivity contribution in [1.82, 2.24) is 5.32 Å². The number of nitrogens with one attached hydrogen (secondary N) is 1. The van der Waals surface area contributed by atoms with Gasteiger partial charge in [0.25, 0.3) is 0 Å². The van der Waals surface area contributed by atoms with Crippen molar-refractivity contribution in [3.05, 3.63) is 12.7 Å². The van der Waals surface area contributed by atoms with Gasteiger partial charge in [-0.05, 0) is 111 Å². The first-order chi connectivity index (χ1) is 26.9. The summed E-state index contributed by atoms with van der Waals surface area (Å²) >= 11 is 0. The minimum atomic E-state index is -0.863. The Morgan fingerprint density at radius 3 is 2.12 bits per heavy atom. The average molecular weight is 786 g/mol. The fourth-order valence-corrected chi connectivity index (χ4v) is 11.4. The fraction of sp³-hybridized carbons (Fsp3) is 0.898. The van der Waals surface area contributed by atoms with Crippen molar-refractivity contribution in [1.29, 1.82) is 0 Å². The number of fused-ring (bicyclic) bond motifs is 1. The van der Waals surface area contributed by atoms with Crippen LogP contribution in [0, 0.1) is 46.3 Å². The van der Waals surface area contributed by atoms with Gasteiger partial charge in [-0.15, -0.1) is 6.58 Å². The van der Waals surface area contributed by atoms with Gasteiger partial charge in [0, 0.05) is 12.8 Å². The van der Waals surface area contributed by atoms with E-state index in [1.54, 1.807) is 6.08 Å². The Kier molecular flexibility index (Phi) is 22.1. The lowest BCUT2D eigenvalue weighted by atomic mass is 9.51. The van der Waals surface area contributed by atoms with E-state index >= 15 is 0 Å². The smallest absolute Gasteiger partial charge is 0.328 e. The highest BCUT2D eigenvalue weighted by atomic mass is 16.6. The van der Waals surface area contributed by atoms with Gasteiger partial charge in [-0.3, -0.25) is 9.59 Å². The first kappa shape index (κ1) is 48.5. The van der Waals surface area contributed by atoms with Gasteiger partial charge < -0.3 is 19.5 Å². The molecular formula is C49H87NO6. The molecule has 9 atom stereocenters. The molecule has 0 aromatic carbocycles. The number of carbonyl (C=O) groups excluding carboxylic acids is 3. The molecule has 3 saturated carbocycles. The lowest BCUT2D eigenvalue weighted by Crippen LogP contribution is -2.48. The summed E-state index contributed by atoms with van der Waals surface area (Å²) < 4.78 is 16.9. The molecule has 0 aliphatic heterocycles. The molecule has 0 saturated heterocycles.